The maximum atomic E-state index is 6.53. The summed E-state index contributed by atoms with van der Waals surface area (Å²) in [7, 11) is 4.18. The number of allylic oxidation sites excluding steroid dienone is 1. The summed E-state index contributed by atoms with van der Waals surface area (Å²) in [4.78, 5) is 2.12. The first kappa shape index (κ1) is 15.8. The second-order valence-electron chi connectivity index (χ2n) is 6.90. The quantitative estimate of drug-likeness (QED) is 0.513. The molecule has 2 saturated carbocycles. The molecule has 0 heterocycles. The maximum absolute atomic E-state index is 6.53. The van der Waals surface area contributed by atoms with Crippen molar-refractivity contribution >= 4 is 6.92 Å². The Bertz CT molecular complexity index is 286. The molecule has 114 valence electrons. The van der Waals surface area contributed by atoms with Gasteiger partial charge in [0.1, 0.15) is 0 Å². The minimum atomic E-state index is 0.462. The van der Waals surface area contributed by atoms with Gasteiger partial charge < -0.3 is 9.55 Å². The highest BCUT2D eigenvalue weighted by molar-refractivity contribution is 6.55. The van der Waals surface area contributed by atoms with Crippen LogP contribution >= 0.6 is 0 Å². The fourth-order valence-electron chi connectivity index (χ4n) is 4.07. The van der Waals surface area contributed by atoms with Crippen molar-refractivity contribution in [1.82, 2.24) is 4.90 Å². The van der Waals surface area contributed by atoms with Gasteiger partial charge in [-0.15, -0.1) is 0 Å². The van der Waals surface area contributed by atoms with Crippen LogP contribution in [0.2, 0.25) is 11.6 Å². The van der Waals surface area contributed by atoms with Crippen LogP contribution in [0, 0.1) is 0 Å². The summed E-state index contributed by atoms with van der Waals surface area (Å²) in [6.45, 7) is 2.55. The topological polar surface area (TPSA) is 12.5 Å². The van der Waals surface area contributed by atoms with Gasteiger partial charge >= 0.3 is 6.92 Å². The normalized spacial score (nSPS) is 22.6. The fraction of sp³-hybridized carbons (Fsp3) is 0.882. The second-order valence-corrected chi connectivity index (χ2v) is 6.90. The predicted molar refractivity (Wildman–Crippen MR) is 88.0 cm³/mol. The van der Waals surface area contributed by atoms with Crippen LogP contribution in [0.25, 0.3) is 0 Å². The largest absolute Gasteiger partial charge is 0.549 e. The number of rotatable bonds is 5. The van der Waals surface area contributed by atoms with Gasteiger partial charge in [-0.05, 0) is 24.6 Å². The molecule has 2 nitrogen and oxygen atoms in total. The van der Waals surface area contributed by atoms with E-state index in [1.807, 2.05) is 0 Å². The van der Waals surface area contributed by atoms with Crippen LogP contribution in [0.4, 0.5) is 0 Å². The van der Waals surface area contributed by atoms with E-state index in [4.69, 9.17) is 4.65 Å². The van der Waals surface area contributed by atoms with Gasteiger partial charge in [-0.1, -0.05) is 64.2 Å². The predicted octanol–water partition coefficient (Wildman–Crippen LogP) is 5.09. The Kier molecular flexibility index (Phi) is 6.31. The molecule has 2 rings (SSSR count). The lowest BCUT2D eigenvalue weighted by atomic mass is 9.42. The van der Waals surface area contributed by atoms with E-state index in [0.717, 1.165) is 17.5 Å². The molecule has 0 aromatic heterocycles. The number of hydrogen-bond donors (Lipinski definition) is 0. The first-order chi connectivity index (χ1) is 9.72. The molecule has 0 aromatic carbocycles. The lowest BCUT2D eigenvalue weighted by Crippen LogP contribution is -2.35. The third-order valence-electron chi connectivity index (χ3n) is 5.17. The van der Waals surface area contributed by atoms with Crippen LogP contribution in [0.3, 0.4) is 0 Å². The van der Waals surface area contributed by atoms with Crippen molar-refractivity contribution in [1.29, 1.82) is 0 Å². The Labute approximate surface area is 126 Å². The van der Waals surface area contributed by atoms with Crippen LogP contribution in [0.5, 0.6) is 0 Å². The van der Waals surface area contributed by atoms with Crippen molar-refractivity contribution in [3.05, 3.63) is 12.0 Å². The average molecular weight is 277 g/mol. The molecule has 20 heavy (non-hydrogen) atoms. The fourth-order valence-corrected chi connectivity index (χ4v) is 4.07. The Hall–Kier alpha value is -0.595. The third kappa shape index (κ3) is 4.20. The van der Waals surface area contributed by atoms with Crippen molar-refractivity contribution in [2.45, 2.75) is 82.8 Å². The summed E-state index contributed by atoms with van der Waals surface area (Å²) in [5.74, 6) is 2.65. The third-order valence-corrected chi connectivity index (χ3v) is 5.17. The Morgan fingerprint density at radius 2 is 1.35 bits per heavy atom. The molecule has 0 bridgehead atoms. The summed E-state index contributed by atoms with van der Waals surface area (Å²) in [5, 5.41) is 0. The van der Waals surface area contributed by atoms with Crippen LogP contribution < -0.4 is 0 Å². The highest BCUT2D eigenvalue weighted by Crippen LogP contribution is 2.42. The highest BCUT2D eigenvalue weighted by Gasteiger charge is 2.38. The molecular weight excluding hydrogens is 245 g/mol. The zero-order valence-corrected chi connectivity index (χ0v) is 13.7. The molecule has 0 saturated heterocycles. The minimum absolute atomic E-state index is 0.462. The summed E-state index contributed by atoms with van der Waals surface area (Å²) >= 11 is 0. The summed E-state index contributed by atoms with van der Waals surface area (Å²) in [6.07, 6.45) is 16.1. The summed E-state index contributed by atoms with van der Waals surface area (Å²) in [5.41, 5.74) is 0. The molecule has 0 unspecified atom stereocenters. The van der Waals surface area contributed by atoms with Gasteiger partial charge in [0.25, 0.3) is 0 Å². The van der Waals surface area contributed by atoms with Gasteiger partial charge in [0.15, 0.2) is 5.88 Å². The molecule has 0 spiro atoms. The Morgan fingerprint density at radius 1 is 0.900 bits per heavy atom. The Morgan fingerprint density at radius 3 is 1.70 bits per heavy atom. The van der Waals surface area contributed by atoms with Gasteiger partial charge in [-0.3, -0.25) is 0 Å². The summed E-state index contributed by atoms with van der Waals surface area (Å²) in [6, 6.07) is 0. The van der Waals surface area contributed by atoms with Gasteiger partial charge in [0, 0.05) is 14.1 Å². The highest BCUT2D eigenvalue weighted by atomic mass is 16.5. The second kappa shape index (κ2) is 8.00. The van der Waals surface area contributed by atoms with Crippen molar-refractivity contribution < 1.29 is 4.65 Å². The van der Waals surface area contributed by atoms with E-state index >= 15 is 0 Å². The van der Waals surface area contributed by atoms with E-state index in [0.29, 0.717) is 6.92 Å². The van der Waals surface area contributed by atoms with E-state index < -0.39 is 0 Å². The van der Waals surface area contributed by atoms with Gasteiger partial charge in [-0.25, -0.2) is 0 Å². The van der Waals surface area contributed by atoms with E-state index in [-0.39, 0.29) is 0 Å². The van der Waals surface area contributed by atoms with Gasteiger partial charge in [0.05, 0.1) is 0 Å². The van der Waals surface area contributed by atoms with E-state index in [9.17, 15) is 0 Å². The van der Waals surface area contributed by atoms with Crippen molar-refractivity contribution in [2.24, 2.45) is 0 Å². The molecule has 2 aliphatic rings. The molecule has 2 aliphatic carbocycles. The van der Waals surface area contributed by atoms with Crippen molar-refractivity contribution in [3.63, 3.8) is 0 Å². The molecular formula is C17H32BNO. The standard InChI is InChI=1S/C17H32BNO/c1-4-17(19(2)3)20-18(15-11-7-5-8-12-15)16-13-9-6-10-14-16/h4,15-16H,5-14H2,1-3H3/b17-4+. The van der Waals surface area contributed by atoms with Crippen LogP contribution in [-0.2, 0) is 4.65 Å². The monoisotopic (exact) mass is 277 g/mol. The zero-order valence-electron chi connectivity index (χ0n) is 13.7. The van der Waals surface area contributed by atoms with Crippen LogP contribution in [0.15, 0.2) is 12.0 Å². The van der Waals surface area contributed by atoms with Gasteiger partial charge in [0.2, 0.25) is 0 Å². The lowest BCUT2D eigenvalue weighted by molar-refractivity contribution is 0.258. The molecule has 0 aromatic rings. The SMILES string of the molecule is C/C=C(/OB(C1CCCCC1)C1CCCCC1)N(C)C. The van der Waals surface area contributed by atoms with Crippen LogP contribution in [0.1, 0.15) is 71.1 Å². The molecule has 0 amide bonds. The first-order valence-electron chi connectivity index (χ1n) is 8.72. The van der Waals surface area contributed by atoms with E-state index in [1.54, 1.807) is 0 Å². The maximum Gasteiger partial charge on any atom is 0.365 e. The zero-order chi connectivity index (χ0) is 14.4. The molecule has 0 N–H and O–H groups in total. The van der Waals surface area contributed by atoms with Crippen molar-refractivity contribution in [2.75, 3.05) is 14.1 Å². The smallest absolute Gasteiger partial charge is 0.365 e. The average Bonchev–Trinajstić information content (AvgIpc) is 2.50. The minimum Gasteiger partial charge on any atom is -0.549 e. The van der Waals surface area contributed by atoms with Crippen LogP contribution in [-0.4, -0.2) is 25.9 Å². The molecule has 0 atom stereocenters. The summed E-state index contributed by atoms with van der Waals surface area (Å²) < 4.78 is 6.53. The van der Waals surface area contributed by atoms with E-state index in [1.165, 1.54) is 64.2 Å². The number of nitrogens with zero attached hydrogens (tertiary/aromatic N) is 1. The first-order valence-corrected chi connectivity index (χ1v) is 8.72. The molecule has 3 heteroatoms. The van der Waals surface area contributed by atoms with Gasteiger partial charge in [-0.2, -0.15) is 0 Å². The Balaban J connectivity index is 2.05. The molecule has 0 aliphatic heterocycles. The number of hydrogen-bond acceptors (Lipinski definition) is 2. The van der Waals surface area contributed by atoms with E-state index in [2.05, 4.69) is 32.0 Å². The molecule has 0 radical (unpaired) electrons. The molecule has 2 fully saturated rings. The van der Waals surface area contributed by atoms with Crippen molar-refractivity contribution in [3.8, 4) is 0 Å². The lowest BCUT2D eigenvalue weighted by Gasteiger charge is -2.36.